The van der Waals surface area contributed by atoms with Gasteiger partial charge in [-0.05, 0) is 12.5 Å². The molecule has 0 aliphatic rings. The van der Waals surface area contributed by atoms with Gasteiger partial charge in [0.2, 0.25) is 0 Å². The zero-order valence-electron chi connectivity index (χ0n) is 11.4. The van der Waals surface area contributed by atoms with Gasteiger partial charge in [0.05, 0.1) is 11.7 Å². The lowest BCUT2D eigenvalue weighted by Crippen LogP contribution is -2.20. The number of hydrogen-bond donors (Lipinski definition) is 0. The van der Waals surface area contributed by atoms with Crippen molar-refractivity contribution in [2.24, 2.45) is 0 Å². The Balaban J connectivity index is 2.04. The standard InChI is InChI=1S/C17H16N2O/c1-2-15(17(20)13-8-4-3-5-9-13)19-16-11-7-6-10-14(16)12-18-19/h3-12,15H,2H2,1H3. The molecule has 0 saturated carbocycles. The third-order valence-electron chi connectivity index (χ3n) is 3.55. The van der Waals surface area contributed by atoms with Crippen LogP contribution in [-0.2, 0) is 0 Å². The van der Waals surface area contributed by atoms with E-state index in [-0.39, 0.29) is 11.8 Å². The molecule has 0 aliphatic carbocycles. The minimum atomic E-state index is -0.252. The molecule has 3 rings (SSSR count). The molecular formula is C17H16N2O. The molecule has 1 unspecified atom stereocenters. The number of hydrogen-bond acceptors (Lipinski definition) is 2. The first kappa shape index (κ1) is 12.6. The first-order valence-electron chi connectivity index (χ1n) is 6.82. The van der Waals surface area contributed by atoms with Crippen LogP contribution in [0.1, 0.15) is 29.7 Å². The van der Waals surface area contributed by atoms with E-state index in [9.17, 15) is 4.79 Å². The van der Waals surface area contributed by atoms with Crippen molar-refractivity contribution in [2.45, 2.75) is 19.4 Å². The Morgan fingerprint density at radius 2 is 1.80 bits per heavy atom. The lowest BCUT2D eigenvalue weighted by atomic mass is 10.0. The van der Waals surface area contributed by atoms with Gasteiger partial charge >= 0.3 is 0 Å². The van der Waals surface area contributed by atoms with Gasteiger partial charge in [0.25, 0.3) is 0 Å². The maximum Gasteiger partial charge on any atom is 0.187 e. The second kappa shape index (κ2) is 5.29. The predicted octanol–water partition coefficient (Wildman–Crippen LogP) is 3.87. The van der Waals surface area contributed by atoms with Crippen molar-refractivity contribution < 1.29 is 4.79 Å². The maximum absolute atomic E-state index is 12.7. The van der Waals surface area contributed by atoms with E-state index >= 15 is 0 Å². The van der Waals surface area contributed by atoms with E-state index in [1.54, 1.807) is 0 Å². The summed E-state index contributed by atoms with van der Waals surface area (Å²) in [6, 6.07) is 17.1. The number of carbonyl (C=O) groups excluding carboxylic acids is 1. The van der Waals surface area contributed by atoms with E-state index < -0.39 is 0 Å². The number of carbonyl (C=O) groups is 1. The summed E-state index contributed by atoms with van der Waals surface area (Å²) >= 11 is 0. The van der Waals surface area contributed by atoms with Gasteiger partial charge in [-0.3, -0.25) is 9.48 Å². The molecule has 0 aliphatic heterocycles. The molecule has 1 aromatic heterocycles. The molecule has 3 heteroatoms. The summed E-state index contributed by atoms with van der Waals surface area (Å²) in [5, 5.41) is 5.47. The fourth-order valence-electron chi connectivity index (χ4n) is 2.50. The lowest BCUT2D eigenvalue weighted by molar-refractivity contribution is 0.0917. The van der Waals surface area contributed by atoms with E-state index in [1.165, 1.54) is 0 Å². The third kappa shape index (κ3) is 2.11. The van der Waals surface area contributed by atoms with E-state index in [1.807, 2.05) is 72.4 Å². The Kier molecular flexibility index (Phi) is 3.33. The number of para-hydroxylation sites is 1. The number of ketones is 1. The number of fused-ring (bicyclic) bond motifs is 1. The summed E-state index contributed by atoms with van der Waals surface area (Å²) in [5.74, 6) is 0.113. The molecule has 0 N–H and O–H groups in total. The predicted molar refractivity (Wildman–Crippen MR) is 79.8 cm³/mol. The molecule has 0 fully saturated rings. The van der Waals surface area contributed by atoms with Crippen LogP contribution in [0.15, 0.2) is 60.8 Å². The number of Topliss-reactive ketones (excluding diaryl/α,β-unsaturated/α-hetero) is 1. The largest absolute Gasteiger partial charge is 0.292 e. The first-order chi connectivity index (χ1) is 9.81. The molecule has 0 radical (unpaired) electrons. The molecule has 0 saturated heterocycles. The van der Waals surface area contributed by atoms with Gasteiger partial charge in [0.1, 0.15) is 6.04 Å². The number of rotatable bonds is 4. The van der Waals surface area contributed by atoms with Gasteiger partial charge in [-0.25, -0.2) is 0 Å². The molecule has 0 bridgehead atoms. The Bertz CT molecular complexity index is 731. The van der Waals surface area contributed by atoms with Crippen LogP contribution in [0.4, 0.5) is 0 Å². The topological polar surface area (TPSA) is 34.9 Å². The van der Waals surface area contributed by atoms with Crippen LogP contribution in [0.5, 0.6) is 0 Å². The molecule has 1 atom stereocenters. The van der Waals surface area contributed by atoms with Crippen LogP contribution >= 0.6 is 0 Å². The second-order valence-electron chi connectivity index (χ2n) is 4.80. The van der Waals surface area contributed by atoms with E-state index in [4.69, 9.17) is 0 Å². The number of aromatic nitrogens is 2. The fraction of sp³-hybridized carbons (Fsp3) is 0.176. The average Bonchev–Trinajstić information content (AvgIpc) is 2.93. The lowest BCUT2D eigenvalue weighted by Gasteiger charge is -2.15. The zero-order valence-corrected chi connectivity index (χ0v) is 11.4. The molecule has 100 valence electrons. The normalized spacial score (nSPS) is 12.4. The van der Waals surface area contributed by atoms with Gasteiger partial charge in [-0.1, -0.05) is 55.5 Å². The molecule has 20 heavy (non-hydrogen) atoms. The van der Waals surface area contributed by atoms with Crippen LogP contribution in [0.25, 0.3) is 10.9 Å². The summed E-state index contributed by atoms with van der Waals surface area (Å²) < 4.78 is 1.84. The van der Waals surface area contributed by atoms with Crippen molar-refractivity contribution in [3.63, 3.8) is 0 Å². The van der Waals surface area contributed by atoms with Crippen LogP contribution in [0.3, 0.4) is 0 Å². The van der Waals surface area contributed by atoms with Crippen molar-refractivity contribution in [2.75, 3.05) is 0 Å². The highest BCUT2D eigenvalue weighted by Crippen LogP contribution is 2.23. The average molecular weight is 264 g/mol. The van der Waals surface area contributed by atoms with E-state index in [2.05, 4.69) is 5.10 Å². The SMILES string of the molecule is CCC(C(=O)c1ccccc1)n1ncc2ccccc21. The monoisotopic (exact) mass is 264 g/mol. The molecule has 3 aromatic rings. The van der Waals surface area contributed by atoms with Crippen LogP contribution in [0.2, 0.25) is 0 Å². The van der Waals surface area contributed by atoms with Crippen molar-refractivity contribution in [1.82, 2.24) is 9.78 Å². The fourth-order valence-corrected chi connectivity index (χ4v) is 2.50. The Morgan fingerprint density at radius 3 is 2.55 bits per heavy atom. The molecule has 0 spiro atoms. The molecular weight excluding hydrogens is 248 g/mol. The first-order valence-corrected chi connectivity index (χ1v) is 6.82. The highest BCUT2D eigenvalue weighted by molar-refractivity contribution is 5.99. The van der Waals surface area contributed by atoms with Gasteiger partial charge in [-0.15, -0.1) is 0 Å². The third-order valence-corrected chi connectivity index (χ3v) is 3.55. The minimum Gasteiger partial charge on any atom is -0.292 e. The molecule has 3 nitrogen and oxygen atoms in total. The number of nitrogens with zero attached hydrogens (tertiary/aromatic N) is 2. The van der Waals surface area contributed by atoms with Crippen molar-refractivity contribution in [1.29, 1.82) is 0 Å². The summed E-state index contributed by atoms with van der Waals surface area (Å²) in [6.45, 7) is 2.02. The summed E-state index contributed by atoms with van der Waals surface area (Å²) in [5.41, 5.74) is 1.74. The highest BCUT2D eigenvalue weighted by atomic mass is 16.1. The van der Waals surface area contributed by atoms with Crippen molar-refractivity contribution >= 4 is 16.7 Å². The zero-order chi connectivity index (χ0) is 13.9. The molecule has 1 heterocycles. The van der Waals surface area contributed by atoms with Crippen molar-refractivity contribution in [3.8, 4) is 0 Å². The summed E-state index contributed by atoms with van der Waals surface area (Å²) in [6.07, 6.45) is 2.54. The van der Waals surface area contributed by atoms with Crippen molar-refractivity contribution in [3.05, 3.63) is 66.4 Å². The van der Waals surface area contributed by atoms with Crippen LogP contribution < -0.4 is 0 Å². The second-order valence-corrected chi connectivity index (χ2v) is 4.80. The van der Waals surface area contributed by atoms with Gasteiger partial charge in [0.15, 0.2) is 5.78 Å². The van der Waals surface area contributed by atoms with Gasteiger partial charge in [-0.2, -0.15) is 5.10 Å². The van der Waals surface area contributed by atoms with E-state index in [0.29, 0.717) is 0 Å². The summed E-state index contributed by atoms with van der Waals surface area (Å²) in [4.78, 5) is 12.7. The smallest absolute Gasteiger partial charge is 0.187 e. The Labute approximate surface area is 117 Å². The summed E-state index contributed by atoms with van der Waals surface area (Å²) in [7, 11) is 0. The minimum absolute atomic E-state index is 0.113. The maximum atomic E-state index is 12.7. The van der Waals surface area contributed by atoms with E-state index in [0.717, 1.165) is 22.9 Å². The van der Waals surface area contributed by atoms with Gasteiger partial charge in [0, 0.05) is 10.9 Å². The number of benzene rings is 2. The Hall–Kier alpha value is -2.42. The van der Waals surface area contributed by atoms with Gasteiger partial charge < -0.3 is 0 Å². The molecule has 0 amide bonds. The molecule has 2 aromatic carbocycles. The van der Waals surface area contributed by atoms with Crippen LogP contribution in [-0.4, -0.2) is 15.6 Å². The quantitative estimate of drug-likeness (QED) is 0.670. The van der Waals surface area contributed by atoms with Crippen LogP contribution in [0, 0.1) is 0 Å². The Morgan fingerprint density at radius 1 is 1.10 bits per heavy atom. The highest BCUT2D eigenvalue weighted by Gasteiger charge is 2.22.